The zero-order chi connectivity index (χ0) is 15.6. The lowest BCUT2D eigenvalue weighted by molar-refractivity contribution is -0.0239. The number of ether oxygens (including phenoxy) is 1. The summed E-state index contributed by atoms with van der Waals surface area (Å²) in [5, 5.41) is 10.9. The van der Waals surface area contributed by atoms with Gasteiger partial charge >= 0.3 is 6.09 Å². The Labute approximate surface area is 130 Å². The lowest BCUT2D eigenvalue weighted by Crippen LogP contribution is -2.47. The van der Waals surface area contributed by atoms with Crippen LogP contribution in [0.5, 0.6) is 0 Å². The minimum atomic E-state index is -0.607. The maximum atomic E-state index is 12.4. The molecule has 1 aromatic rings. The predicted molar refractivity (Wildman–Crippen MR) is 82.4 cm³/mol. The second-order valence-corrected chi connectivity index (χ2v) is 6.82. The van der Waals surface area contributed by atoms with Crippen LogP contribution in [-0.2, 0) is 4.74 Å². The highest BCUT2D eigenvalue weighted by Gasteiger charge is 2.36. The largest absolute Gasteiger partial charge is 0.444 e. The van der Waals surface area contributed by atoms with Crippen LogP contribution in [0.2, 0.25) is 5.02 Å². The van der Waals surface area contributed by atoms with Gasteiger partial charge in [-0.3, -0.25) is 4.90 Å². The second kappa shape index (κ2) is 6.24. The van der Waals surface area contributed by atoms with E-state index in [4.69, 9.17) is 16.3 Å². The number of piperidine rings is 1. The maximum Gasteiger partial charge on any atom is 0.410 e. The quantitative estimate of drug-likeness (QED) is 0.859. The zero-order valence-electron chi connectivity index (χ0n) is 12.7. The highest BCUT2D eigenvalue weighted by molar-refractivity contribution is 6.30. The molecule has 21 heavy (non-hydrogen) atoms. The molecule has 4 nitrogen and oxygen atoms in total. The number of nitrogens with zero attached hydrogens (tertiary/aromatic N) is 1. The molecule has 1 aliphatic heterocycles. The lowest BCUT2D eigenvalue weighted by atomic mass is 9.93. The first kappa shape index (κ1) is 16.1. The summed E-state index contributed by atoms with van der Waals surface area (Å²) in [6.07, 6.45) is 0.421. The number of likely N-dealkylation sites (tertiary alicyclic amines) is 1. The van der Waals surface area contributed by atoms with Gasteiger partial charge < -0.3 is 9.84 Å². The van der Waals surface area contributed by atoms with Crippen LogP contribution >= 0.6 is 11.6 Å². The van der Waals surface area contributed by atoms with E-state index in [2.05, 4.69) is 0 Å². The van der Waals surface area contributed by atoms with E-state index in [0.717, 1.165) is 12.0 Å². The fraction of sp³-hybridized carbons (Fsp3) is 0.562. The lowest BCUT2D eigenvalue weighted by Gasteiger charge is -2.39. The number of hydrogen-bond acceptors (Lipinski definition) is 3. The summed E-state index contributed by atoms with van der Waals surface area (Å²) in [6.45, 7) is 6.07. The molecule has 2 atom stereocenters. The normalized spacial score (nSPS) is 23.0. The molecule has 116 valence electrons. The van der Waals surface area contributed by atoms with Gasteiger partial charge in [0.1, 0.15) is 5.60 Å². The Balaban J connectivity index is 2.27. The van der Waals surface area contributed by atoms with Gasteiger partial charge in [-0.2, -0.15) is 0 Å². The molecule has 1 aliphatic rings. The Morgan fingerprint density at radius 1 is 1.43 bits per heavy atom. The monoisotopic (exact) mass is 311 g/mol. The molecular weight excluding hydrogens is 290 g/mol. The van der Waals surface area contributed by atoms with Crippen LogP contribution in [0.4, 0.5) is 4.79 Å². The number of aliphatic hydroxyl groups is 1. The summed E-state index contributed by atoms with van der Waals surface area (Å²) in [7, 11) is 0. The van der Waals surface area contributed by atoms with Crippen molar-refractivity contribution in [1.82, 2.24) is 4.90 Å². The van der Waals surface area contributed by atoms with Crippen LogP contribution in [0.1, 0.15) is 45.2 Å². The van der Waals surface area contributed by atoms with Gasteiger partial charge in [0, 0.05) is 11.6 Å². The number of aliphatic hydroxyl groups excluding tert-OH is 1. The van der Waals surface area contributed by atoms with Gasteiger partial charge in [0.2, 0.25) is 0 Å². The summed E-state index contributed by atoms with van der Waals surface area (Å²) in [5.74, 6) is 0. The van der Waals surface area contributed by atoms with E-state index in [9.17, 15) is 9.90 Å². The third-order valence-corrected chi connectivity index (χ3v) is 3.65. The molecule has 0 aromatic heterocycles. The number of carbonyl (C=O) groups is 1. The van der Waals surface area contributed by atoms with E-state index < -0.39 is 23.8 Å². The summed E-state index contributed by atoms with van der Waals surface area (Å²) in [4.78, 5) is 14.0. The van der Waals surface area contributed by atoms with Crippen molar-refractivity contribution in [3.05, 3.63) is 34.9 Å². The minimum absolute atomic E-state index is 0.397. The molecule has 0 unspecified atom stereocenters. The Morgan fingerprint density at radius 2 is 2.14 bits per heavy atom. The molecule has 0 spiro atoms. The molecule has 1 aromatic carbocycles. The molecule has 5 heteroatoms. The number of carbonyl (C=O) groups excluding carboxylic acids is 1. The Bertz CT molecular complexity index is 512. The average Bonchev–Trinajstić information content (AvgIpc) is 2.36. The molecule has 0 radical (unpaired) electrons. The third kappa shape index (κ3) is 4.11. The van der Waals surface area contributed by atoms with Gasteiger partial charge in [-0.15, -0.1) is 0 Å². The van der Waals surface area contributed by atoms with E-state index in [1.165, 1.54) is 0 Å². The maximum absolute atomic E-state index is 12.4. The van der Waals surface area contributed by atoms with Crippen LogP contribution in [0, 0.1) is 0 Å². The number of amides is 1. The van der Waals surface area contributed by atoms with Crippen LogP contribution in [0.3, 0.4) is 0 Å². The van der Waals surface area contributed by atoms with Crippen LogP contribution < -0.4 is 0 Å². The van der Waals surface area contributed by atoms with Crippen molar-refractivity contribution in [3.63, 3.8) is 0 Å². The van der Waals surface area contributed by atoms with E-state index in [-0.39, 0.29) is 0 Å². The molecule has 0 aliphatic carbocycles. The Hall–Kier alpha value is -1.26. The van der Waals surface area contributed by atoms with Crippen LogP contribution in [-0.4, -0.2) is 34.3 Å². The fourth-order valence-electron chi connectivity index (χ4n) is 2.59. The van der Waals surface area contributed by atoms with Crippen molar-refractivity contribution in [2.75, 3.05) is 6.54 Å². The fourth-order valence-corrected chi connectivity index (χ4v) is 2.79. The topological polar surface area (TPSA) is 49.8 Å². The number of benzene rings is 1. The highest BCUT2D eigenvalue weighted by atomic mass is 35.5. The van der Waals surface area contributed by atoms with E-state index in [1.807, 2.05) is 32.9 Å². The number of hydrogen-bond donors (Lipinski definition) is 1. The van der Waals surface area contributed by atoms with Gasteiger partial charge in [-0.25, -0.2) is 4.79 Å². The molecule has 1 N–H and O–H groups in total. The summed E-state index contributed by atoms with van der Waals surface area (Å²) < 4.78 is 5.45. The molecule has 0 saturated carbocycles. The average molecular weight is 312 g/mol. The Kier molecular flexibility index (Phi) is 4.79. The van der Waals surface area contributed by atoms with Gasteiger partial charge in [0.15, 0.2) is 0 Å². The molecule has 1 amide bonds. The first-order valence-corrected chi connectivity index (χ1v) is 7.59. The van der Waals surface area contributed by atoms with E-state index >= 15 is 0 Å². The van der Waals surface area contributed by atoms with Gasteiger partial charge in [-0.05, 0) is 51.3 Å². The van der Waals surface area contributed by atoms with Crippen molar-refractivity contribution in [2.24, 2.45) is 0 Å². The molecule has 1 saturated heterocycles. The standard InChI is InChI=1S/C16H22ClNO3/c1-16(2,3)21-15(20)18-9-5-8-13(19)14(18)11-6-4-7-12(17)10-11/h4,6-7,10,13-14,19H,5,8-9H2,1-3H3/t13-,14-/m0/s1. The predicted octanol–water partition coefficient (Wildman–Crippen LogP) is 3.77. The van der Waals surface area contributed by atoms with Crippen molar-refractivity contribution in [3.8, 4) is 0 Å². The summed E-state index contributed by atoms with van der Waals surface area (Å²) in [6, 6.07) is 6.86. The van der Waals surface area contributed by atoms with Crippen LogP contribution in [0.25, 0.3) is 0 Å². The molecule has 0 bridgehead atoms. The van der Waals surface area contributed by atoms with Crippen molar-refractivity contribution in [2.45, 2.75) is 51.4 Å². The van der Waals surface area contributed by atoms with Crippen molar-refractivity contribution < 1.29 is 14.6 Å². The summed E-state index contributed by atoms with van der Waals surface area (Å²) >= 11 is 6.03. The van der Waals surface area contributed by atoms with E-state index in [0.29, 0.717) is 18.0 Å². The molecule has 2 rings (SSSR count). The Morgan fingerprint density at radius 3 is 2.76 bits per heavy atom. The number of halogens is 1. The van der Waals surface area contributed by atoms with Gasteiger partial charge in [0.25, 0.3) is 0 Å². The first-order chi connectivity index (χ1) is 9.78. The summed E-state index contributed by atoms with van der Waals surface area (Å²) in [5.41, 5.74) is 0.277. The van der Waals surface area contributed by atoms with Gasteiger partial charge in [-0.1, -0.05) is 23.7 Å². The second-order valence-electron chi connectivity index (χ2n) is 6.38. The molecule has 1 heterocycles. The molecule has 1 fully saturated rings. The smallest absolute Gasteiger partial charge is 0.410 e. The number of rotatable bonds is 1. The van der Waals surface area contributed by atoms with Crippen LogP contribution in [0.15, 0.2) is 24.3 Å². The minimum Gasteiger partial charge on any atom is -0.444 e. The molecular formula is C16H22ClNO3. The van der Waals surface area contributed by atoms with Crippen molar-refractivity contribution in [1.29, 1.82) is 0 Å². The SMILES string of the molecule is CC(C)(C)OC(=O)N1CCC[C@H](O)[C@@H]1c1cccc(Cl)c1. The van der Waals surface area contributed by atoms with E-state index in [1.54, 1.807) is 17.0 Å². The first-order valence-electron chi connectivity index (χ1n) is 7.21. The third-order valence-electron chi connectivity index (χ3n) is 3.42. The van der Waals surface area contributed by atoms with Crippen molar-refractivity contribution >= 4 is 17.7 Å². The van der Waals surface area contributed by atoms with Gasteiger partial charge in [0.05, 0.1) is 12.1 Å². The zero-order valence-corrected chi connectivity index (χ0v) is 13.4. The highest BCUT2D eigenvalue weighted by Crippen LogP contribution is 2.33.